The monoisotopic (exact) mass is 648 g/mol. The summed E-state index contributed by atoms with van der Waals surface area (Å²) in [4.78, 5) is 46.8. The third-order valence-corrected chi connectivity index (χ3v) is 8.58. The molecule has 1 saturated carbocycles. The van der Waals surface area contributed by atoms with Crippen molar-refractivity contribution in [2.45, 2.75) is 83.2 Å². The number of hydrogen-bond donors (Lipinski definition) is 3. The molecule has 3 N–H and O–H groups in total. The molecule has 9 nitrogen and oxygen atoms in total. The van der Waals surface area contributed by atoms with Crippen LogP contribution in [0.1, 0.15) is 86.2 Å². The standard InChI is InChI=1S/C39H44N4O5/c1-3-4-5-6-7-22-48-34-20-18-30(19-21-34)33-24-40-36(41-25-33)31-10-8-27(9-11-31)23-35(38(45)42-26(2)39(46)47)43-37(44)32-16-14-29(15-17-32)28-12-13-28/h8-11,14-21,24-26,28,35H,3-7,12-13,22-23H2,1-2H3,(H,42,45)(H,43,44)(H,46,47). The lowest BCUT2D eigenvalue weighted by molar-refractivity contribution is -0.141. The number of nitrogens with one attached hydrogen (secondary N) is 2. The molecule has 48 heavy (non-hydrogen) atoms. The molecule has 3 aromatic carbocycles. The third kappa shape index (κ3) is 9.73. The van der Waals surface area contributed by atoms with E-state index in [4.69, 9.17) is 4.74 Å². The first-order valence-corrected chi connectivity index (χ1v) is 16.9. The van der Waals surface area contributed by atoms with Crippen LogP contribution in [-0.4, -0.2) is 51.5 Å². The summed E-state index contributed by atoms with van der Waals surface area (Å²) in [7, 11) is 0. The van der Waals surface area contributed by atoms with Gasteiger partial charge in [-0.3, -0.25) is 14.4 Å². The van der Waals surface area contributed by atoms with Crippen LogP contribution >= 0.6 is 0 Å². The molecular formula is C39H44N4O5. The number of carbonyl (C=O) groups is 3. The van der Waals surface area contributed by atoms with Gasteiger partial charge in [-0.2, -0.15) is 0 Å². The Morgan fingerprint density at radius 1 is 0.812 bits per heavy atom. The lowest BCUT2D eigenvalue weighted by Crippen LogP contribution is -2.51. The summed E-state index contributed by atoms with van der Waals surface area (Å²) in [6.45, 7) is 4.32. The van der Waals surface area contributed by atoms with E-state index in [0.717, 1.165) is 53.9 Å². The number of benzene rings is 3. The van der Waals surface area contributed by atoms with Crippen molar-refractivity contribution in [2.24, 2.45) is 0 Å². The number of rotatable bonds is 17. The van der Waals surface area contributed by atoms with Gasteiger partial charge in [0.1, 0.15) is 17.8 Å². The number of unbranched alkanes of at least 4 members (excludes halogenated alkanes) is 4. The Hall–Kier alpha value is -5.05. The first-order valence-electron chi connectivity index (χ1n) is 16.9. The molecule has 2 amide bonds. The van der Waals surface area contributed by atoms with Crippen molar-refractivity contribution in [3.05, 3.63) is 102 Å². The highest BCUT2D eigenvalue weighted by Crippen LogP contribution is 2.39. The normalized spacial score (nSPS) is 13.7. The number of carbonyl (C=O) groups excluding carboxylic acids is 2. The highest BCUT2D eigenvalue weighted by Gasteiger charge is 2.26. The molecule has 0 radical (unpaired) electrons. The SMILES string of the molecule is CCCCCCCOc1ccc(-c2cnc(-c3ccc(CC(NC(=O)c4ccc(C5CC5)cc4)C(=O)NC(C)C(=O)O)cc3)nc2)cc1. The molecule has 4 aromatic rings. The molecule has 1 aromatic heterocycles. The second kappa shape index (κ2) is 16.7. The first kappa shape index (κ1) is 34.3. The van der Waals surface area contributed by atoms with Gasteiger partial charge in [0.05, 0.1) is 6.61 Å². The molecule has 1 aliphatic carbocycles. The van der Waals surface area contributed by atoms with Gasteiger partial charge in [0.15, 0.2) is 5.82 Å². The maximum Gasteiger partial charge on any atom is 0.325 e. The quantitative estimate of drug-likeness (QED) is 0.105. The topological polar surface area (TPSA) is 131 Å². The molecule has 250 valence electrons. The van der Waals surface area contributed by atoms with E-state index >= 15 is 0 Å². The molecule has 0 aliphatic heterocycles. The Labute approximate surface area is 282 Å². The minimum atomic E-state index is -1.16. The Balaban J connectivity index is 1.20. The van der Waals surface area contributed by atoms with Crippen molar-refractivity contribution < 1.29 is 24.2 Å². The smallest absolute Gasteiger partial charge is 0.325 e. The fourth-order valence-corrected chi connectivity index (χ4v) is 5.44. The van der Waals surface area contributed by atoms with Gasteiger partial charge in [-0.1, -0.05) is 81.1 Å². The molecular weight excluding hydrogens is 604 g/mol. The van der Waals surface area contributed by atoms with E-state index in [0.29, 0.717) is 17.3 Å². The lowest BCUT2D eigenvalue weighted by Gasteiger charge is -2.20. The van der Waals surface area contributed by atoms with Crippen LogP contribution in [-0.2, 0) is 16.0 Å². The second-order valence-electron chi connectivity index (χ2n) is 12.5. The Kier molecular flexibility index (Phi) is 11.9. The zero-order valence-electron chi connectivity index (χ0n) is 27.7. The van der Waals surface area contributed by atoms with Crippen molar-refractivity contribution in [2.75, 3.05) is 6.61 Å². The maximum atomic E-state index is 13.1. The summed E-state index contributed by atoms with van der Waals surface area (Å²) in [5.41, 5.74) is 5.12. The summed E-state index contributed by atoms with van der Waals surface area (Å²) in [6.07, 6.45) is 12.1. The second-order valence-corrected chi connectivity index (χ2v) is 12.5. The molecule has 0 saturated heterocycles. The minimum absolute atomic E-state index is 0.169. The highest BCUT2D eigenvalue weighted by atomic mass is 16.5. The van der Waals surface area contributed by atoms with Gasteiger partial charge in [-0.05, 0) is 73.1 Å². The maximum absolute atomic E-state index is 13.1. The lowest BCUT2D eigenvalue weighted by atomic mass is 10.0. The van der Waals surface area contributed by atoms with Crippen LogP contribution < -0.4 is 15.4 Å². The van der Waals surface area contributed by atoms with Gasteiger partial charge in [0.2, 0.25) is 5.91 Å². The fraction of sp³-hybridized carbons (Fsp3) is 0.359. The van der Waals surface area contributed by atoms with Crippen molar-refractivity contribution in [3.63, 3.8) is 0 Å². The number of carboxylic acids is 1. The number of nitrogens with zero attached hydrogens (tertiary/aromatic N) is 2. The van der Waals surface area contributed by atoms with Crippen LogP contribution in [0.4, 0.5) is 0 Å². The van der Waals surface area contributed by atoms with Crippen molar-refractivity contribution in [3.8, 4) is 28.3 Å². The minimum Gasteiger partial charge on any atom is -0.494 e. The Bertz CT molecular complexity index is 1650. The van der Waals surface area contributed by atoms with Gasteiger partial charge >= 0.3 is 5.97 Å². The van der Waals surface area contributed by atoms with Gasteiger partial charge < -0.3 is 20.5 Å². The van der Waals surface area contributed by atoms with Gasteiger partial charge in [-0.25, -0.2) is 9.97 Å². The fourth-order valence-electron chi connectivity index (χ4n) is 5.44. The van der Waals surface area contributed by atoms with E-state index in [-0.39, 0.29) is 6.42 Å². The summed E-state index contributed by atoms with van der Waals surface area (Å²) >= 11 is 0. The number of hydrogen-bond acceptors (Lipinski definition) is 6. The summed E-state index contributed by atoms with van der Waals surface area (Å²) in [5.74, 6) is -0.153. The van der Waals surface area contributed by atoms with E-state index in [1.54, 1.807) is 24.5 Å². The predicted molar refractivity (Wildman–Crippen MR) is 186 cm³/mol. The van der Waals surface area contributed by atoms with E-state index in [2.05, 4.69) is 27.5 Å². The van der Waals surface area contributed by atoms with Crippen LogP contribution in [0.5, 0.6) is 5.75 Å². The molecule has 0 spiro atoms. The predicted octanol–water partition coefficient (Wildman–Crippen LogP) is 6.97. The molecule has 2 unspecified atom stereocenters. The molecule has 5 rings (SSSR count). The van der Waals surface area contributed by atoms with Crippen molar-refractivity contribution in [1.82, 2.24) is 20.6 Å². The summed E-state index contributed by atoms with van der Waals surface area (Å²) in [5, 5.41) is 14.6. The average molecular weight is 649 g/mol. The number of ether oxygens (including phenoxy) is 1. The Morgan fingerprint density at radius 3 is 2.08 bits per heavy atom. The third-order valence-electron chi connectivity index (χ3n) is 8.58. The molecule has 1 heterocycles. The largest absolute Gasteiger partial charge is 0.494 e. The highest BCUT2D eigenvalue weighted by molar-refractivity contribution is 5.98. The molecule has 1 aliphatic rings. The van der Waals surface area contributed by atoms with Crippen LogP contribution in [0.3, 0.4) is 0 Å². The Morgan fingerprint density at radius 2 is 1.46 bits per heavy atom. The molecule has 2 atom stereocenters. The number of amides is 2. The molecule has 0 bridgehead atoms. The number of aliphatic carboxylic acids is 1. The van der Waals surface area contributed by atoms with Crippen LogP contribution in [0.25, 0.3) is 22.5 Å². The number of aromatic nitrogens is 2. The van der Waals surface area contributed by atoms with E-state index in [9.17, 15) is 19.5 Å². The molecule has 1 fully saturated rings. The van der Waals surface area contributed by atoms with E-state index in [1.165, 1.54) is 38.2 Å². The van der Waals surface area contributed by atoms with Crippen LogP contribution in [0, 0.1) is 0 Å². The average Bonchev–Trinajstić information content (AvgIpc) is 3.96. The number of carboxylic acid groups (broad SMARTS) is 1. The summed E-state index contributed by atoms with van der Waals surface area (Å²) < 4.78 is 5.88. The summed E-state index contributed by atoms with van der Waals surface area (Å²) in [6, 6.07) is 20.7. The van der Waals surface area contributed by atoms with Gasteiger partial charge in [-0.15, -0.1) is 0 Å². The van der Waals surface area contributed by atoms with Crippen LogP contribution in [0.2, 0.25) is 0 Å². The van der Waals surface area contributed by atoms with Gasteiger partial charge in [0, 0.05) is 35.5 Å². The van der Waals surface area contributed by atoms with Crippen molar-refractivity contribution in [1.29, 1.82) is 0 Å². The zero-order chi connectivity index (χ0) is 33.9. The van der Waals surface area contributed by atoms with E-state index < -0.39 is 29.9 Å². The van der Waals surface area contributed by atoms with Gasteiger partial charge in [0.25, 0.3) is 5.91 Å². The van der Waals surface area contributed by atoms with E-state index in [1.807, 2.05) is 60.7 Å². The zero-order valence-corrected chi connectivity index (χ0v) is 27.7. The first-order chi connectivity index (χ1) is 23.3. The van der Waals surface area contributed by atoms with Crippen LogP contribution in [0.15, 0.2) is 85.2 Å². The molecule has 9 heteroatoms. The van der Waals surface area contributed by atoms with Crippen molar-refractivity contribution >= 4 is 17.8 Å².